The lowest BCUT2D eigenvalue weighted by atomic mass is 10.2. The second-order valence-corrected chi connectivity index (χ2v) is 5.35. The highest BCUT2D eigenvalue weighted by molar-refractivity contribution is 6.05. The third kappa shape index (κ3) is 2.11. The largest absolute Gasteiger partial charge is 0.276 e. The molecule has 2 heterocycles. The Bertz CT molecular complexity index is 979. The van der Waals surface area contributed by atoms with Crippen LogP contribution in [0.15, 0.2) is 53.3 Å². The quantitative estimate of drug-likeness (QED) is 0.692. The van der Waals surface area contributed by atoms with Gasteiger partial charge in [-0.25, -0.2) is 9.37 Å². The Morgan fingerprint density at radius 1 is 1.04 bits per heavy atom. The van der Waals surface area contributed by atoms with Gasteiger partial charge in [0.2, 0.25) is 5.95 Å². The molecule has 0 bridgehead atoms. The third-order valence-electron chi connectivity index (χ3n) is 3.97. The number of hydrogen-bond acceptors (Lipinski definition) is 3. The zero-order valence-electron chi connectivity index (χ0n) is 12.1. The van der Waals surface area contributed by atoms with Gasteiger partial charge in [-0.05, 0) is 36.4 Å². The van der Waals surface area contributed by atoms with Gasteiger partial charge in [-0.15, -0.1) is 0 Å². The lowest BCUT2D eigenvalue weighted by Gasteiger charge is -2.15. The Morgan fingerprint density at radius 2 is 1.78 bits per heavy atom. The summed E-state index contributed by atoms with van der Waals surface area (Å²) >= 11 is 0. The fourth-order valence-electron chi connectivity index (χ4n) is 2.80. The number of anilines is 1. The maximum atomic E-state index is 13.0. The first kappa shape index (κ1) is 13.6. The molecule has 114 valence electrons. The molecule has 23 heavy (non-hydrogen) atoms. The summed E-state index contributed by atoms with van der Waals surface area (Å²) in [5.74, 6) is -0.356. The molecule has 0 saturated heterocycles. The van der Waals surface area contributed by atoms with Gasteiger partial charge in [0.25, 0.3) is 11.5 Å². The fourth-order valence-corrected chi connectivity index (χ4v) is 2.80. The molecule has 0 spiro atoms. The van der Waals surface area contributed by atoms with Gasteiger partial charge in [0.05, 0.1) is 10.9 Å². The maximum absolute atomic E-state index is 13.0. The minimum Gasteiger partial charge on any atom is -0.276 e. The smallest absolute Gasteiger partial charge is 0.262 e. The SMILES string of the molecule is O=C(c1ccc(F)cc1)N1CCn2c1nc1ccccc1c2=O. The standard InChI is InChI=1S/C17H12FN3O2/c18-12-7-5-11(6-8-12)15(22)20-9-10-21-16(23)13-3-1-2-4-14(13)19-17(20)21/h1-8H,9-10H2. The molecule has 3 aromatic rings. The van der Waals surface area contributed by atoms with E-state index in [1.54, 1.807) is 24.3 Å². The Morgan fingerprint density at radius 3 is 2.57 bits per heavy atom. The number of carbonyl (C=O) groups excluding carboxylic acids is 1. The van der Waals surface area contributed by atoms with Crippen molar-refractivity contribution in [3.63, 3.8) is 0 Å². The molecular weight excluding hydrogens is 297 g/mol. The van der Waals surface area contributed by atoms with Crippen LogP contribution in [-0.2, 0) is 6.54 Å². The van der Waals surface area contributed by atoms with Crippen LogP contribution in [0.25, 0.3) is 10.9 Å². The molecule has 1 amide bonds. The molecule has 0 radical (unpaired) electrons. The van der Waals surface area contributed by atoms with E-state index in [-0.39, 0.29) is 11.5 Å². The molecule has 0 unspecified atom stereocenters. The van der Waals surface area contributed by atoms with Gasteiger partial charge in [-0.1, -0.05) is 12.1 Å². The Balaban J connectivity index is 1.82. The molecule has 1 aromatic heterocycles. The Kier molecular flexibility index (Phi) is 2.97. The third-order valence-corrected chi connectivity index (χ3v) is 3.97. The van der Waals surface area contributed by atoms with Crippen molar-refractivity contribution in [3.8, 4) is 0 Å². The number of fused-ring (bicyclic) bond motifs is 2. The van der Waals surface area contributed by atoms with E-state index in [0.717, 1.165) is 0 Å². The van der Waals surface area contributed by atoms with Crippen molar-refractivity contribution in [1.82, 2.24) is 9.55 Å². The number of aromatic nitrogens is 2. The average Bonchev–Trinajstić information content (AvgIpc) is 2.99. The van der Waals surface area contributed by atoms with Crippen molar-refractivity contribution >= 4 is 22.8 Å². The monoisotopic (exact) mass is 309 g/mol. The van der Waals surface area contributed by atoms with Crippen LogP contribution in [0.2, 0.25) is 0 Å². The van der Waals surface area contributed by atoms with Crippen LogP contribution in [-0.4, -0.2) is 22.0 Å². The van der Waals surface area contributed by atoms with Crippen LogP contribution in [0, 0.1) is 5.82 Å². The lowest BCUT2D eigenvalue weighted by Crippen LogP contribution is -2.30. The molecule has 5 nitrogen and oxygen atoms in total. The summed E-state index contributed by atoms with van der Waals surface area (Å²) in [5.41, 5.74) is 0.768. The molecule has 2 aromatic carbocycles. The highest BCUT2D eigenvalue weighted by Gasteiger charge is 2.28. The Hall–Kier alpha value is -3.02. The highest BCUT2D eigenvalue weighted by atomic mass is 19.1. The van der Waals surface area contributed by atoms with Gasteiger partial charge in [-0.3, -0.25) is 19.1 Å². The summed E-state index contributed by atoms with van der Waals surface area (Å²) in [5, 5.41) is 0.535. The number of halogens is 1. The number of carbonyl (C=O) groups is 1. The molecule has 0 atom stereocenters. The number of para-hydroxylation sites is 1. The predicted octanol–water partition coefficient (Wildman–Crippen LogP) is 2.20. The summed E-state index contributed by atoms with van der Waals surface area (Å²) in [6, 6.07) is 12.4. The molecule has 0 aliphatic carbocycles. The van der Waals surface area contributed by atoms with Crippen molar-refractivity contribution < 1.29 is 9.18 Å². The van der Waals surface area contributed by atoms with Gasteiger partial charge in [0.15, 0.2) is 0 Å². The molecule has 0 N–H and O–H groups in total. The van der Waals surface area contributed by atoms with Crippen molar-refractivity contribution in [2.75, 3.05) is 11.4 Å². The van der Waals surface area contributed by atoms with E-state index in [9.17, 15) is 14.0 Å². The molecule has 1 aliphatic heterocycles. The normalized spacial score (nSPS) is 13.3. The minimum atomic E-state index is -0.399. The second kappa shape index (κ2) is 5.01. The van der Waals surface area contributed by atoms with Gasteiger partial charge in [0, 0.05) is 18.7 Å². The minimum absolute atomic E-state index is 0.153. The van der Waals surface area contributed by atoms with E-state index >= 15 is 0 Å². The molecule has 0 saturated carbocycles. The van der Waals surface area contributed by atoms with Gasteiger partial charge in [-0.2, -0.15) is 0 Å². The Labute approximate surface area is 130 Å². The van der Waals surface area contributed by atoms with Crippen molar-refractivity contribution in [2.24, 2.45) is 0 Å². The predicted molar refractivity (Wildman–Crippen MR) is 84.1 cm³/mol. The number of hydrogen-bond donors (Lipinski definition) is 0. The fraction of sp³-hybridized carbons (Fsp3) is 0.118. The first-order chi connectivity index (χ1) is 11.1. The summed E-state index contributed by atoms with van der Waals surface area (Å²) in [4.78, 5) is 31.0. The zero-order chi connectivity index (χ0) is 16.0. The van der Waals surface area contributed by atoms with Gasteiger partial charge < -0.3 is 0 Å². The lowest BCUT2D eigenvalue weighted by molar-refractivity contribution is 0.0988. The topological polar surface area (TPSA) is 55.2 Å². The van der Waals surface area contributed by atoms with Crippen LogP contribution in [0.5, 0.6) is 0 Å². The van der Waals surface area contributed by atoms with Crippen molar-refractivity contribution in [3.05, 3.63) is 70.3 Å². The van der Waals surface area contributed by atoms with E-state index in [0.29, 0.717) is 35.5 Å². The number of amides is 1. The first-order valence-electron chi connectivity index (χ1n) is 7.22. The zero-order valence-corrected chi connectivity index (χ0v) is 12.1. The van der Waals surface area contributed by atoms with Gasteiger partial charge in [0.1, 0.15) is 5.82 Å². The van der Waals surface area contributed by atoms with Crippen molar-refractivity contribution in [2.45, 2.75) is 6.54 Å². The van der Waals surface area contributed by atoms with E-state index in [2.05, 4.69) is 4.98 Å². The summed E-state index contributed by atoms with van der Waals surface area (Å²) in [6.45, 7) is 0.772. The van der Waals surface area contributed by atoms with E-state index in [1.165, 1.54) is 33.7 Å². The molecule has 1 aliphatic rings. The first-order valence-corrected chi connectivity index (χ1v) is 7.22. The van der Waals surface area contributed by atoms with E-state index in [4.69, 9.17) is 0 Å². The molecule has 6 heteroatoms. The molecule has 0 fully saturated rings. The van der Waals surface area contributed by atoms with Crippen molar-refractivity contribution in [1.29, 1.82) is 0 Å². The number of benzene rings is 2. The van der Waals surface area contributed by atoms with E-state index in [1.807, 2.05) is 0 Å². The van der Waals surface area contributed by atoms with Crippen LogP contribution in [0.1, 0.15) is 10.4 Å². The molecular formula is C17H12FN3O2. The van der Waals surface area contributed by atoms with E-state index < -0.39 is 5.82 Å². The average molecular weight is 309 g/mol. The highest BCUT2D eigenvalue weighted by Crippen LogP contribution is 2.22. The maximum Gasteiger partial charge on any atom is 0.262 e. The summed E-state index contributed by atoms with van der Waals surface area (Å²) in [6.07, 6.45) is 0. The number of nitrogens with zero attached hydrogens (tertiary/aromatic N) is 3. The van der Waals surface area contributed by atoms with Crippen LogP contribution in [0.4, 0.5) is 10.3 Å². The van der Waals surface area contributed by atoms with Crippen LogP contribution >= 0.6 is 0 Å². The second-order valence-electron chi connectivity index (χ2n) is 5.35. The molecule has 4 rings (SSSR count). The van der Waals surface area contributed by atoms with Gasteiger partial charge >= 0.3 is 0 Å². The van der Waals surface area contributed by atoms with Crippen LogP contribution in [0.3, 0.4) is 0 Å². The van der Waals surface area contributed by atoms with Crippen LogP contribution < -0.4 is 10.5 Å². The summed E-state index contributed by atoms with van der Waals surface area (Å²) in [7, 11) is 0. The summed E-state index contributed by atoms with van der Waals surface area (Å²) < 4.78 is 14.5. The number of rotatable bonds is 1.